The van der Waals surface area contributed by atoms with E-state index >= 15 is 0 Å². The average Bonchev–Trinajstić information content (AvgIpc) is 2.16. The molecule has 5 heteroatoms. The van der Waals surface area contributed by atoms with E-state index in [9.17, 15) is 13.2 Å². The monoisotopic (exact) mass is 240 g/mol. The first kappa shape index (κ1) is 11.3. The summed E-state index contributed by atoms with van der Waals surface area (Å²) < 4.78 is 27.5. The Bertz CT molecular complexity index is 497. The second-order valence-electron chi connectivity index (χ2n) is 4.06. The van der Waals surface area contributed by atoms with Crippen LogP contribution in [0.2, 0.25) is 0 Å². The fraction of sp³-hybridized carbons (Fsp3) is 0.364. The molecule has 16 heavy (non-hydrogen) atoms. The lowest BCUT2D eigenvalue weighted by Crippen LogP contribution is -2.48. The van der Waals surface area contributed by atoms with Gasteiger partial charge in [-0.05, 0) is 17.7 Å². The Balaban J connectivity index is 2.36. The highest BCUT2D eigenvalue weighted by Gasteiger charge is 2.40. The van der Waals surface area contributed by atoms with Gasteiger partial charge < -0.3 is 9.53 Å². The molecule has 1 saturated heterocycles. The molecule has 1 heterocycles. The predicted molar refractivity (Wildman–Crippen MR) is 58.1 cm³/mol. The zero-order chi connectivity index (χ0) is 11.8. The zero-order valence-corrected chi connectivity index (χ0v) is 9.66. The zero-order valence-electron chi connectivity index (χ0n) is 8.84. The van der Waals surface area contributed by atoms with Crippen molar-refractivity contribution >= 4 is 16.1 Å². The smallest absolute Gasteiger partial charge is 0.175 e. The maximum atomic E-state index is 11.3. The van der Waals surface area contributed by atoms with Crippen molar-refractivity contribution < 1.29 is 17.9 Å². The van der Waals surface area contributed by atoms with Crippen LogP contribution in [0.25, 0.3) is 0 Å². The van der Waals surface area contributed by atoms with Crippen LogP contribution in [0.4, 0.5) is 0 Å². The number of aldehydes is 1. The fourth-order valence-corrected chi connectivity index (χ4v) is 2.29. The minimum absolute atomic E-state index is 0.262. The van der Waals surface area contributed by atoms with Crippen LogP contribution in [-0.2, 0) is 24.8 Å². The van der Waals surface area contributed by atoms with Crippen molar-refractivity contribution in [1.82, 2.24) is 0 Å². The molecule has 0 N–H and O–H groups in total. The van der Waals surface area contributed by atoms with Gasteiger partial charge in [-0.2, -0.15) is 0 Å². The third-order valence-corrected chi connectivity index (χ3v) is 3.93. The molecule has 0 aliphatic carbocycles. The molecule has 0 aromatic heterocycles. The Morgan fingerprint density at radius 1 is 1.25 bits per heavy atom. The van der Waals surface area contributed by atoms with Gasteiger partial charge in [0.25, 0.3) is 0 Å². The fourth-order valence-electron chi connectivity index (χ4n) is 1.66. The lowest BCUT2D eigenvalue weighted by atomic mass is 9.80. The number of ether oxygens (including phenoxy) is 1. The molecule has 0 saturated carbocycles. The number of carbonyl (C=O) groups is 1. The van der Waals surface area contributed by atoms with Crippen molar-refractivity contribution in [3.63, 3.8) is 0 Å². The number of benzene rings is 1. The molecule has 4 nitrogen and oxygen atoms in total. The summed E-state index contributed by atoms with van der Waals surface area (Å²) in [5.41, 5.74) is 0.233. The molecular weight excluding hydrogens is 228 g/mol. The van der Waals surface area contributed by atoms with E-state index in [2.05, 4.69) is 0 Å². The van der Waals surface area contributed by atoms with Gasteiger partial charge >= 0.3 is 0 Å². The molecule has 1 fully saturated rings. The quantitative estimate of drug-likeness (QED) is 0.724. The Labute approximate surface area is 94.2 Å². The van der Waals surface area contributed by atoms with E-state index in [1.807, 2.05) is 0 Å². The SMILES string of the molecule is CS(=O)(=O)c1ccc(C2(C=O)COC2)cc1. The van der Waals surface area contributed by atoms with Gasteiger partial charge in [0.05, 0.1) is 23.5 Å². The Morgan fingerprint density at radius 3 is 2.12 bits per heavy atom. The summed E-state index contributed by atoms with van der Waals surface area (Å²) in [7, 11) is -3.18. The topological polar surface area (TPSA) is 60.4 Å². The van der Waals surface area contributed by atoms with E-state index in [4.69, 9.17) is 4.74 Å². The lowest BCUT2D eigenvalue weighted by Gasteiger charge is -2.36. The highest BCUT2D eigenvalue weighted by Crippen LogP contribution is 2.30. The van der Waals surface area contributed by atoms with Gasteiger partial charge in [-0.3, -0.25) is 0 Å². The third-order valence-electron chi connectivity index (χ3n) is 2.80. The minimum Gasteiger partial charge on any atom is -0.379 e. The second-order valence-corrected chi connectivity index (χ2v) is 6.08. The molecule has 86 valence electrons. The summed E-state index contributed by atoms with van der Waals surface area (Å²) in [6, 6.07) is 6.39. The summed E-state index contributed by atoms with van der Waals surface area (Å²) in [6.45, 7) is 0.740. The summed E-state index contributed by atoms with van der Waals surface area (Å²) in [5.74, 6) is 0. The molecule has 0 bridgehead atoms. The van der Waals surface area contributed by atoms with Crippen LogP contribution >= 0.6 is 0 Å². The predicted octanol–water partition coefficient (Wildman–Crippen LogP) is 0.557. The van der Waals surface area contributed by atoms with E-state index in [-0.39, 0.29) is 4.90 Å². The van der Waals surface area contributed by atoms with E-state index in [0.717, 1.165) is 18.1 Å². The number of sulfone groups is 1. The van der Waals surface area contributed by atoms with Gasteiger partial charge in [0.2, 0.25) is 0 Å². The summed E-state index contributed by atoms with van der Waals surface area (Å²) in [5, 5.41) is 0. The first-order chi connectivity index (χ1) is 7.48. The molecule has 0 unspecified atom stereocenters. The van der Waals surface area contributed by atoms with Crippen molar-refractivity contribution in [2.75, 3.05) is 19.5 Å². The third kappa shape index (κ3) is 1.76. The Morgan fingerprint density at radius 2 is 1.81 bits per heavy atom. The van der Waals surface area contributed by atoms with Crippen LogP contribution in [0, 0.1) is 0 Å². The maximum absolute atomic E-state index is 11.3. The molecule has 0 atom stereocenters. The van der Waals surface area contributed by atoms with Crippen LogP contribution in [0.1, 0.15) is 5.56 Å². The highest BCUT2D eigenvalue weighted by molar-refractivity contribution is 7.90. The number of carbonyl (C=O) groups excluding carboxylic acids is 1. The molecule has 1 aromatic rings. The highest BCUT2D eigenvalue weighted by atomic mass is 32.2. The minimum atomic E-state index is -3.18. The van der Waals surface area contributed by atoms with E-state index in [1.54, 1.807) is 12.1 Å². The molecule has 0 spiro atoms. The molecule has 1 aliphatic rings. The van der Waals surface area contributed by atoms with Crippen LogP contribution in [-0.4, -0.2) is 34.2 Å². The standard InChI is InChI=1S/C11H12O4S/c1-16(13,14)10-4-2-9(3-5-10)11(6-12)7-15-8-11/h2-6H,7-8H2,1H3. The molecule has 1 aliphatic heterocycles. The van der Waals surface area contributed by atoms with Crippen molar-refractivity contribution in [3.8, 4) is 0 Å². The van der Waals surface area contributed by atoms with E-state index < -0.39 is 15.3 Å². The van der Waals surface area contributed by atoms with Crippen molar-refractivity contribution in [1.29, 1.82) is 0 Å². The summed E-state index contributed by atoms with van der Waals surface area (Å²) in [6.07, 6.45) is 2.02. The van der Waals surface area contributed by atoms with E-state index in [0.29, 0.717) is 13.2 Å². The molecule has 0 radical (unpaired) electrons. The normalized spacial score (nSPS) is 18.8. The van der Waals surface area contributed by atoms with Crippen molar-refractivity contribution in [3.05, 3.63) is 29.8 Å². The number of hydrogen-bond acceptors (Lipinski definition) is 4. The molecular formula is C11H12O4S. The number of rotatable bonds is 3. The largest absolute Gasteiger partial charge is 0.379 e. The van der Waals surface area contributed by atoms with Crippen LogP contribution < -0.4 is 0 Å². The molecule has 2 rings (SSSR count). The van der Waals surface area contributed by atoms with Gasteiger partial charge in [0, 0.05) is 6.26 Å². The second kappa shape index (κ2) is 3.68. The van der Waals surface area contributed by atoms with Gasteiger partial charge in [0.15, 0.2) is 9.84 Å². The Hall–Kier alpha value is -1.20. The van der Waals surface area contributed by atoms with Crippen molar-refractivity contribution in [2.24, 2.45) is 0 Å². The first-order valence-electron chi connectivity index (χ1n) is 4.83. The molecule has 0 amide bonds. The summed E-state index contributed by atoms with van der Waals surface area (Å²) in [4.78, 5) is 11.3. The number of hydrogen-bond donors (Lipinski definition) is 0. The van der Waals surface area contributed by atoms with Crippen LogP contribution in [0.3, 0.4) is 0 Å². The van der Waals surface area contributed by atoms with Gasteiger partial charge in [-0.15, -0.1) is 0 Å². The average molecular weight is 240 g/mol. The first-order valence-corrected chi connectivity index (χ1v) is 6.72. The van der Waals surface area contributed by atoms with Gasteiger partial charge in [0.1, 0.15) is 6.29 Å². The molecule has 1 aromatic carbocycles. The lowest BCUT2D eigenvalue weighted by molar-refractivity contribution is -0.129. The van der Waals surface area contributed by atoms with E-state index in [1.165, 1.54) is 12.1 Å². The maximum Gasteiger partial charge on any atom is 0.175 e. The van der Waals surface area contributed by atoms with Gasteiger partial charge in [-0.1, -0.05) is 12.1 Å². The van der Waals surface area contributed by atoms with Crippen molar-refractivity contribution in [2.45, 2.75) is 10.3 Å². The summed E-state index contributed by atoms with van der Waals surface area (Å²) >= 11 is 0. The Kier molecular flexibility index (Phi) is 2.59. The van der Waals surface area contributed by atoms with Crippen LogP contribution in [0.15, 0.2) is 29.2 Å². The van der Waals surface area contributed by atoms with Gasteiger partial charge in [-0.25, -0.2) is 8.42 Å². The van der Waals surface area contributed by atoms with Crippen LogP contribution in [0.5, 0.6) is 0 Å².